The van der Waals surface area contributed by atoms with Crippen molar-refractivity contribution in [2.75, 3.05) is 11.9 Å². The summed E-state index contributed by atoms with van der Waals surface area (Å²) in [5.41, 5.74) is 3.61. The molecule has 3 aromatic rings. The predicted molar refractivity (Wildman–Crippen MR) is 111 cm³/mol. The van der Waals surface area contributed by atoms with Gasteiger partial charge in [-0.3, -0.25) is 4.79 Å². The van der Waals surface area contributed by atoms with Gasteiger partial charge >= 0.3 is 0 Å². The second-order valence-corrected chi connectivity index (χ2v) is 6.95. The van der Waals surface area contributed by atoms with Crippen LogP contribution in [0.4, 0.5) is 5.69 Å². The van der Waals surface area contributed by atoms with E-state index in [-0.39, 0.29) is 5.91 Å². The standard InChI is InChI=1S/C24H25NO2/c1-18(2)16-17-27-23-14-12-22(13-15-23)25-24(26)21-10-8-20(9-11-21)19-6-4-3-5-7-19/h3-15,18H,16-17H2,1-2H3,(H,25,26). The van der Waals surface area contributed by atoms with Crippen LogP contribution in [-0.4, -0.2) is 12.5 Å². The van der Waals surface area contributed by atoms with Gasteiger partial charge in [-0.25, -0.2) is 0 Å². The Morgan fingerprint density at radius 3 is 2.11 bits per heavy atom. The summed E-state index contributed by atoms with van der Waals surface area (Å²) in [5.74, 6) is 1.32. The molecular weight excluding hydrogens is 334 g/mol. The SMILES string of the molecule is CC(C)CCOc1ccc(NC(=O)c2ccc(-c3ccccc3)cc2)cc1. The summed E-state index contributed by atoms with van der Waals surface area (Å²) >= 11 is 0. The van der Waals surface area contributed by atoms with Crippen LogP contribution < -0.4 is 10.1 Å². The van der Waals surface area contributed by atoms with Crippen molar-refractivity contribution in [1.29, 1.82) is 0 Å². The maximum Gasteiger partial charge on any atom is 0.255 e. The molecule has 27 heavy (non-hydrogen) atoms. The number of nitrogens with one attached hydrogen (secondary N) is 1. The van der Waals surface area contributed by atoms with Gasteiger partial charge < -0.3 is 10.1 Å². The Bertz CT molecular complexity index is 853. The first-order valence-corrected chi connectivity index (χ1v) is 9.31. The Hall–Kier alpha value is -3.07. The second-order valence-electron chi connectivity index (χ2n) is 6.95. The zero-order valence-corrected chi connectivity index (χ0v) is 15.8. The van der Waals surface area contributed by atoms with E-state index in [1.165, 1.54) is 0 Å². The smallest absolute Gasteiger partial charge is 0.255 e. The highest BCUT2D eigenvalue weighted by Gasteiger charge is 2.07. The van der Waals surface area contributed by atoms with Crippen LogP contribution in [0, 0.1) is 5.92 Å². The van der Waals surface area contributed by atoms with E-state index in [0.717, 1.165) is 29.0 Å². The van der Waals surface area contributed by atoms with Crippen molar-refractivity contribution in [1.82, 2.24) is 0 Å². The van der Waals surface area contributed by atoms with Gasteiger partial charge in [0.15, 0.2) is 0 Å². The van der Waals surface area contributed by atoms with Crippen LogP contribution in [-0.2, 0) is 0 Å². The molecule has 0 saturated carbocycles. The maximum atomic E-state index is 12.5. The minimum Gasteiger partial charge on any atom is -0.494 e. The Kier molecular flexibility index (Phi) is 6.26. The van der Waals surface area contributed by atoms with Crippen molar-refractivity contribution in [3.8, 4) is 16.9 Å². The number of amides is 1. The molecule has 0 unspecified atom stereocenters. The number of hydrogen-bond acceptors (Lipinski definition) is 2. The lowest BCUT2D eigenvalue weighted by Crippen LogP contribution is -2.11. The molecule has 0 aromatic heterocycles. The van der Waals surface area contributed by atoms with Gasteiger partial charge in [0.2, 0.25) is 0 Å². The van der Waals surface area contributed by atoms with E-state index in [1.54, 1.807) is 0 Å². The lowest BCUT2D eigenvalue weighted by atomic mass is 10.0. The molecule has 0 aliphatic carbocycles. The Morgan fingerprint density at radius 2 is 1.48 bits per heavy atom. The van der Waals surface area contributed by atoms with Gasteiger partial charge in [-0.2, -0.15) is 0 Å². The van der Waals surface area contributed by atoms with Crippen molar-refractivity contribution < 1.29 is 9.53 Å². The average molecular weight is 359 g/mol. The molecule has 138 valence electrons. The summed E-state index contributed by atoms with van der Waals surface area (Å²) in [4.78, 5) is 12.5. The first-order chi connectivity index (χ1) is 13.1. The molecule has 0 spiro atoms. The normalized spacial score (nSPS) is 10.6. The van der Waals surface area contributed by atoms with Gasteiger partial charge in [0.1, 0.15) is 5.75 Å². The Balaban J connectivity index is 1.58. The predicted octanol–water partition coefficient (Wildman–Crippen LogP) is 6.03. The monoisotopic (exact) mass is 359 g/mol. The highest BCUT2D eigenvalue weighted by Crippen LogP contribution is 2.21. The van der Waals surface area contributed by atoms with Gasteiger partial charge in [0.05, 0.1) is 6.61 Å². The van der Waals surface area contributed by atoms with Crippen molar-refractivity contribution in [2.45, 2.75) is 20.3 Å². The van der Waals surface area contributed by atoms with E-state index in [9.17, 15) is 4.79 Å². The summed E-state index contributed by atoms with van der Waals surface area (Å²) in [6, 6.07) is 25.2. The van der Waals surface area contributed by atoms with Gasteiger partial charge in [-0.15, -0.1) is 0 Å². The molecular formula is C24H25NO2. The van der Waals surface area contributed by atoms with Crippen molar-refractivity contribution in [2.24, 2.45) is 5.92 Å². The van der Waals surface area contributed by atoms with Gasteiger partial charge in [-0.1, -0.05) is 56.3 Å². The molecule has 0 heterocycles. The molecule has 3 heteroatoms. The summed E-state index contributed by atoms with van der Waals surface area (Å²) in [7, 11) is 0. The minimum atomic E-state index is -0.122. The van der Waals surface area contributed by atoms with E-state index >= 15 is 0 Å². The third-order valence-electron chi connectivity index (χ3n) is 4.33. The summed E-state index contributed by atoms with van der Waals surface area (Å²) in [5, 5.41) is 2.92. The summed E-state index contributed by atoms with van der Waals surface area (Å²) in [6.07, 6.45) is 1.03. The van der Waals surface area contributed by atoms with Crippen LogP contribution >= 0.6 is 0 Å². The number of anilines is 1. The van der Waals surface area contributed by atoms with Crippen LogP contribution in [0.25, 0.3) is 11.1 Å². The number of ether oxygens (including phenoxy) is 1. The molecule has 0 fully saturated rings. The largest absolute Gasteiger partial charge is 0.494 e. The molecule has 3 aromatic carbocycles. The van der Waals surface area contributed by atoms with Crippen LogP contribution in [0.15, 0.2) is 78.9 Å². The maximum absolute atomic E-state index is 12.5. The summed E-state index contributed by atoms with van der Waals surface area (Å²) < 4.78 is 5.70. The molecule has 0 atom stereocenters. The van der Waals surface area contributed by atoms with Crippen LogP contribution in [0.5, 0.6) is 5.75 Å². The lowest BCUT2D eigenvalue weighted by Gasteiger charge is -2.10. The highest BCUT2D eigenvalue weighted by atomic mass is 16.5. The van der Waals surface area contributed by atoms with Gasteiger partial charge in [0.25, 0.3) is 5.91 Å². The van der Waals surface area contributed by atoms with Gasteiger partial charge in [-0.05, 0) is 59.9 Å². The Labute approximate surface area is 161 Å². The van der Waals surface area contributed by atoms with Crippen molar-refractivity contribution >= 4 is 11.6 Å². The zero-order valence-electron chi connectivity index (χ0n) is 15.8. The molecule has 3 rings (SSSR count). The molecule has 0 radical (unpaired) electrons. The zero-order chi connectivity index (χ0) is 19.1. The van der Waals surface area contributed by atoms with E-state index in [0.29, 0.717) is 18.1 Å². The third-order valence-corrected chi connectivity index (χ3v) is 4.33. The fraction of sp³-hybridized carbons (Fsp3) is 0.208. The van der Waals surface area contributed by atoms with Crippen LogP contribution in [0.3, 0.4) is 0 Å². The van der Waals surface area contributed by atoms with Crippen molar-refractivity contribution in [3.63, 3.8) is 0 Å². The number of carbonyl (C=O) groups is 1. The fourth-order valence-corrected chi connectivity index (χ4v) is 2.69. The third kappa shape index (κ3) is 5.45. The molecule has 1 amide bonds. The van der Waals surface area contributed by atoms with E-state index < -0.39 is 0 Å². The van der Waals surface area contributed by atoms with Crippen LogP contribution in [0.2, 0.25) is 0 Å². The van der Waals surface area contributed by atoms with Crippen molar-refractivity contribution in [3.05, 3.63) is 84.4 Å². The first kappa shape index (κ1) is 18.7. The number of benzene rings is 3. The van der Waals surface area contributed by atoms with E-state index in [2.05, 4.69) is 31.3 Å². The highest BCUT2D eigenvalue weighted by molar-refractivity contribution is 6.04. The lowest BCUT2D eigenvalue weighted by molar-refractivity contribution is 0.102. The topological polar surface area (TPSA) is 38.3 Å². The molecule has 0 aliphatic rings. The average Bonchev–Trinajstić information content (AvgIpc) is 2.70. The molecule has 0 aliphatic heterocycles. The van der Waals surface area contributed by atoms with Gasteiger partial charge in [0, 0.05) is 11.3 Å². The molecule has 3 nitrogen and oxygen atoms in total. The number of carbonyl (C=O) groups excluding carboxylic acids is 1. The molecule has 0 bridgehead atoms. The molecule has 1 N–H and O–H groups in total. The Morgan fingerprint density at radius 1 is 0.852 bits per heavy atom. The quantitative estimate of drug-likeness (QED) is 0.559. The number of rotatable bonds is 7. The van der Waals surface area contributed by atoms with Crippen LogP contribution in [0.1, 0.15) is 30.6 Å². The number of hydrogen-bond donors (Lipinski definition) is 1. The van der Waals surface area contributed by atoms with E-state index in [1.807, 2.05) is 66.7 Å². The summed E-state index contributed by atoms with van der Waals surface area (Å²) in [6.45, 7) is 5.06. The first-order valence-electron chi connectivity index (χ1n) is 9.31. The minimum absolute atomic E-state index is 0.122. The fourth-order valence-electron chi connectivity index (χ4n) is 2.69. The van der Waals surface area contributed by atoms with E-state index in [4.69, 9.17) is 4.74 Å². The molecule has 0 saturated heterocycles. The second kappa shape index (κ2) is 9.04.